The van der Waals surface area contributed by atoms with Gasteiger partial charge in [0, 0.05) is 6.42 Å². The van der Waals surface area contributed by atoms with Crippen LogP contribution in [0.1, 0.15) is 6.42 Å². The van der Waals surface area contributed by atoms with Gasteiger partial charge in [-0.05, 0) is 0 Å². The smallest absolute Gasteiger partial charge is 0.378 e. The molecular weight excluding hydrogens is 424 g/mol. The highest BCUT2D eigenvalue weighted by Gasteiger charge is 2.58. The molecule has 2 aliphatic heterocycles. The highest BCUT2D eigenvalue weighted by Crippen LogP contribution is 2.39. The normalized spacial score (nSPS) is 35.6. The number of rotatable bonds is 11. The van der Waals surface area contributed by atoms with Crippen LogP contribution in [0.25, 0.3) is 0 Å². The molecule has 0 spiro atoms. The molecule has 0 amide bonds. The molecule has 0 aromatic heterocycles. The Labute approximate surface area is 177 Å². The molecule has 0 aliphatic carbocycles. The van der Waals surface area contributed by atoms with Gasteiger partial charge in [0.2, 0.25) is 11.5 Å². The Bertz CT molecular complexity index is 667. The molecule has 0 radical (unpaired) electrons. The molecule has 0 aromatic carbocycles. The first-order chi connectivity index (χ1) is 14.6. The lowest BCUT2D eigenvalue weighted by Gasteiger charge is -2.48. The van der Waals surface area contributed by atoms with E-state index in [0.29, 0.717) is 0 Å². The lowest BCUT2D eigenvalue weighted by molar-refractivity contribution is -0.361. The first kappa shape index (κ1) is 25.5. The van der Waals surface area contributed by atoms with E-state index < -0.39 is 85.6 Å². The van der Waals surface area contributed by atoms with Gasteiger partial charge in [0.05, 0.1) is 32.5 Å². The van der Waals surface area contributed by atoms with E-state index in [1.165, 1.54) is 6.08 Å². The van der Waals surface area contributed by atoms with Crippen LogP contribution in [0, 0.1) is 0 Å². The largest absolute Gasteiger partial charge is 0.505 e. The van der Waals surface area contributed by atoms with Gasteiger partial charge in [-0.15, -0.1) is 6.58 Å². The molecule has 0 bridgehead atoms. The third kappa shape index (κ3) is 5.34. The van der Waals surface area contributed by atoms with E-state index in [0.717, 1.165) is 0 Å². The number of hydrogen-bond donors (Lipinski definition) is 8. The number of esters is 1. The van der Waals surface area contributed by atoms with Crippen molar-refractivity contribution in [2.75, 3.05) is 26.4 Å². The average molecular weight is 452 g/mol. The minimum atomic E-state index is -2.45. The van der Waals surface area contributed by atoms with E-state index >= 15 is 0 Å². The van der Waals surface area contributed by atoms with E-state index in [-0.39, 0.29) is 13.2 Å². The highest BCUT2D eigenvalue weighted by atomic mass is 16.7. The number of hydrogen-bond acceptors (Lipinski definition) is 13. The summed E-state index contributed by atoms with van der Waals surface area (Å²) >= 11 is 0. The van der Waals surface area contributed by atoms with Gasteiger partial charge in [0.25, 0.3) is 0 Å². The summed E-state index contributed by atoms with van der Waals surface area (Å²) in [4.78, 5) is 12.2. The summed E-state index contributed by atoms with van der Waals surface area (Å²) in [6, 6.07) is 0. The Hall–Kier alpha value is -1.81. The van der Waals surface area contributed by atoms with Gasteiger partial charge < -0.3 is 59.8 Å². The summed E-state index contributed by atoms with van der Waals surface area (Å²) in [5, 5.41) is 79.3. The Balaban J connectivity index is 2.41. The predicted molar refractivity (Wildman–Crippen MR) is 98.1 cm³/mol. The molecule has 8 atom stereocenters. The molecule has 31 heavy (non-hydrogen) atoms. The minimum Gasteiger partial charge on any atom is -0.505 e. The van der Waals surface area contributed by atoms with E-state index in [1.807, 2.05) is 0 Å². The number of aliphatic hydroxyl groups excluding tert-OH is 8. The predicted octanol–water partition coefficient (Wildman–Crippen LogP) is -3.83. The molecule has 13 heteroatoms. The molecule has 13 nitrogen and oxygen atoms in total. The van der Waals surface area contributed by atoms with Crippen molar-refractivity contribution in [2.45, 2.75) is 54.9 Å². The third-order valence-corrected chi connectivity index (χ3v) is 4.84. The summed E-state index contributed by atoms with van der Waals surface area (Å²) in [5.74, 6) is -5.59. The van der Waals surface area contributed by atoms with Crippen molar-refractivity contribution >= 4 is 5.97 Å². The molecule has 0 saturated carbocycles. The van der Waals surface area contributed by atoms with Crippen molar-refractivity contribution in [1.82, 2.24) is 0 Å². The fraction of sp³-hybridized carbons (Fsp3) is 0.722. The summed E-state index contributed by atoms with van der Waals surface area (Å²) in [6.45, 7) is 1.50. The zero-order chi connectivity index (χ0) is 23.3. The molecule has 1 saturated heterocycles. The van der Waals surface area contributed by atoms with Crippen LogP contribution in [0.15, 0.2) is 24.2 Å². The van der Waals surface area contributed by atoms with Gasteiger partial charge in [-0.3, -0.25) is 0 Å². The Morgan fingerprint density at radius 1 is 1.16 bits per heavy atom. The lowest BCUT2D eigenvalue weighted by atomic mass is 9.89. The molecule has 1 fully saturated rings. The molecule has 2 aliphatic rings. The van der Waals surface area contributed by atoms with E-state index in [4.69, 9.17) is 24.1 Å². The van der Waals surface area contributed by atoms with Crippen molar-refractivity contribution in [3.63, 3.8) is 0 Å². The van der Waals surface area contributed by atoms with E-state index in [9.17, 15) is 40.5 Å². The second-order valence-corrected chi connectivity index (χ2v) is 7.15. The van der Waals surface area contributed by atoms with E-state index in [1.54, 1.807) is 0 Å². The van der Waals surface area contributed by atoms with Crippen LogP contribution in [0.5, 0.6) is 0 Å². The maximum absolute atomic E-state index is 12.2. The minimum absolute atomic E-state index is 0.0529. The lowest BCUT2D eigenvalue weighted by Crippen LogP contribution is -2.67. The molecule has 2 unspecified atom stereocenters. The van der Waals surface area contributed by atoms with Crippen molar-refractivity contribution in [1.29, 1.82) is 0 Å². The maximum Gasteiger partial charge on any atom is 0.378 e. The van der Waals surface area contributed by atoms with E-state index in [2.05, 4.69) is 6.58 Å². The number of aliphatic hydroxyl groups is 8. The van der Waals surface area contributed by atoms with Crippen LogP contribution in [0.2, 0.25) is 0 Å². The molecule has 0 aromatic rings. The van der Waals surface area contributed by atoms with Crippen molar-refractivity contribution in [2.24, 2.45) is 0 Å². The second kappa shape index (κ2) is 10.7. The maximum atomic E-state index is 12.2. The zero-order valence-corrected chi connectivity index (χ0v) is 16.5. The summed E-state index contributed by atoms with van der Waals surface area (Å²) in [6.07, 6.45) is -11.2. The second-order valence-electron chi connectivity index (χ2n) is 7.15. The molecule has 2 heterocycles. The van der Waals surface area contributed by atoms with Gasteiger partial charge in [0.1, 0.15) is 30.5 Å². The van der Waals surface area contributed by atoms with Crippen molar-refractivity contribution < 1.29 is 64.6 Å². The third-order valence-electron chi connectivity index (χ3n) is 4.84. The van der Waals surface area contributed by atoms with Gasteiger partial charge in [-0.1, -0.05) is 6.08 Å². The van der Waals surface area contributed by atoms with Crippen LogP contribution >= 0.6 is 0 Å². The Morgan fingerprint density at radius 2 is 1.84 bits per heavy atom. The van der Waals surface area contributed by atoms with Gasteiger partial charge in [0.15, 0.2) is 11.9 Å². The zero-order valence-electron chi connectivity index (χ0n) is 16.5. The summed E-state index contributed by atoms with van der Waals surface area (Å²) < 4.78 is 20.9. The average Bonchev–Trinajstić information content (AvgIpc) is 3.03. The fourth-order valence-electron chi connectivity index (χ4n) is 3.23. The standard InChI is InChI=1S/C18H28O13/c1-2-3-28-7-10-11(23)12(24)16(26)18(30-10,4-8(21)5-19)31-15-13(25)14(9(22)6-20)29-17(15)27/h2,8-12,14,16,19-26H,1,3-7H2/t8?,9-,10+,11+,12-,14+,16+,18?/m0/s1. The van der Waals surface area contributed by atoms with Gasteiger partial charge >= 0.3 is 5.97 Å². The van der Waals surface area contributed by atoms with Gasteiger partial charge in [-0.2, -0.15) is 0 Å². The van der Waals surface area contributed by atoms with Crippen LogP contribution < -0.4 is 0 Å². The molecule has 8 N–H and O–H groups in total. The monoisotopic (exact) mass is 452 g/mol. The number of cyclic esters (lactones) is 1. The summed E-state index contributed by atoms with van der Waals surface area (Å²) in [5.41, 5.74) is 0. The van der Waals surface area contributed by atoms with Crippen LogP contribution in [-0.4, -0.2) is 122 Å². The molecule has 2 rings (SSSR count). The van der Waals surface area contributed by atoms with Crippen LogP contribution in [-0.2, 0) is 23.7 Å². The van der Waals surface area contributed by atoms with Crippen molar-refractivity contribution in [3.05, 3.63) is 24.2 Å². The number of carbonyl (C=O) groups is 1. The highest BCUT2D eigenvalue weighted by molar-refractivity contribution is 5.89. The summed E-state index contributed by atoms with van der Waals surface area (Å²) in [7, 11) is 0. The first-order valence-corrected chi connectivity index (χ1v) is 9.43. The van der Waals surface area contributed by atoms with Crippen LogP contribution in [0.4, 0.5) is 0 Å². The van der Waals surface area contributed by atoms with Crippen LogP contribution in [0.3, 0.4) is 0 Å². The van der Waals surface area contributed by atoms with Crippen molar-refractivity contribution in [3.8, 4) is 0 Å². The number of ether oxygens (including phenoxy) is 4. The first-order valence-electron chi connectivity index (χ1n) is 9.43. The Morgan fingerprint density at radius 3 is 2.42 bits per heavy atom. The molecular formula is C18H28O13. The SMILES string of the molecule is C=CCOC[C@H]1OC(CC(O)CO)(OC2=C(O)[C@@H]([C@@H](O)CO)OC2=O)[C@H](O)[C@@H](O)[C@@H]1O. The topological polar surface area (TPSA) is 216 Å². The quantitative estimate of drug-likeness (QED) is 0.0857. The number of carbonyl (C=O) groups excluding carboxylic acids is 1. The Kier molecular flexibility index (Phi) is 8.76. The fourth-order valence-corrected chi connectivity index (χ4v) is 3.23. The van der Waals surface area contributed by atoms with Gasteiger partial charge in [-0.25, -0.2) is 4.79 Å². The molecule has 178 valence electrons.